The molecule has 3 rings (SSSR count). The number of hydrogen-bond donors (Lipinski definition) is 0. The van der Waals surface area contributed by atoms with E-state index in [0.29, 0.717) is 5.92 Å². The summed E-state index contributed by atoms with van der Waals surface area (Å²) in [6.45, 7) is 4.63. The number of benzene rings is 1. The van der Waals surface area contributed by atoms with Crippen molar-refractivity contribution in [1.29, 1.82) is 0 Å². The van der Waals surface area contributed by atoms with Crippen molar-refractivity contribution in [2.45, 2.75) is 20.3 Å². The molecular weight excluding hydrogens is 212 g/mol. The molecule has 1 atom stereocenters. The zero-order valence-electron chi connectivity index (χ0n) is 9.73. The standard InChI is InChI=1S/C15H16S/c1-10(2)11-7-8-15-13(9-11)12-5-3-4-6-14(12)16-15/h3-6,8-11H,7H2,1-2H3. The van der Waals surface area contributed by atoms with E-state index >= 15 is 0 Å². The molecule has 16 heavy (non-hydrogen) atoms. The van der Waals surface area contributed by atoms with Crippen LogP contribution < -0.4 is 9.75 Å². The third-order valence-corrected chi connectivity index (χ3v) is 4.66. The monoisotopic (exact) mass is 228 g/mol. The fourth-order valence-electron chi connectivity index (χ4n) is 2.40. The average Bonchev–Trinajstić information content (AvgIpc) is 2.66. The Morgan fingerprint density at radius 1 is 1.25 bits per heavy atom. The Bertz CT molecular complexity index is 631. The molecule has 2 aromatic rings. The van der Waals surface area contributed by atoms with E-state index in [0.717, 1.165) is 5.92 Å². The minimum atomic E-state index is 0.713. The van der Waals surface area contributed by atoms with Gasteiger partial charge >= 0.3 is 0 Å². The Kier molecular flexibility index (Phi) is 2.36. The van der Waals surface area contributed by atoms with Crippen LogP contribution >= 0.6 is 11.3 Å². The summed E-state index contributed by atoms with van der Waals surface area (Å²) in [6.07, 6.45) is 6.11. The lowest BCUT2D eigenvalue weighted by Gasteiger charge is -2.16. The van der Waals surface area contributed by atoms with Crippen LogP contribution in [-0.4, -0.2) is 0 Å². The van der Waals surface area contributed by atoms with Gasteiger partial charge in [0.05, 0.1) is 0 Å². The SMILES string of the molecule is CC(C)C1C=c2c(sc3ccccc23)=CC1. The molecule has 1 heterocycles. The smallest absolute Gasteiger partial charge is 0.0355 e. The van der Waals surface area contributed by atoms with E-state index in [9.17, 15) is 0 Å². The van der Waals surface area contributed by atoms with Crippen molar-refractivity contribution in [2.24, 2.45) is 11.8 Å². The van der Waals surface area contributed by atoms with Gasteiger partial charge in [-0.1, -0.05) is 44.2 Å². The van der Waals surface area contributed by atoms with Crippen LogP contribution in [0, 0.1) is 11.8 Å². The third-order valence-electron chi connectivity index (χ3n) is 3.48. The number of fused-ring (bicyclic) bond motifs is 3. The summed E-state index contributed by atoms with van der Waals surface area (Å²) in [5, 5.41) is 2.91. The fraction of sp³-hybridized carbons (Fsp3) is 0.333. The van der Waals surface area contributed by atoms with E-state index in [1.54, 1.807) is 0 Å². The summed E-state index contributed by atoms with van der Waals surface area (Å²) in [4.78, 5) is 0. The van der Waals surface area contributed by atoms with Crippen LogP contribution in [0.5, 0.6) is 0 Å². The Morgan fingerprint density at radius 3 is 2.88 bits per heavy atom. The highest BCUT2D eigenvalue weighted by atomic mass is 32.1. The quantitative estimate of drug-likeness (QED) is 0.703. The molecule has 0 aliphatic heterocycles. The van der Waals surface area contributed by atoms with Gasteiger partial charge < -0.3 is 0 Å². The van der Waals surface area contributed by atoms with Gasteiger partial charge in [-0.25, -0.2) is 0 Å². The summed E-state index contributed by atoms with van der Waals surface area (Å²) in [6, 6.07) is 8.74. The van der Waals surface area contributed by atoms with Gasteiger partial charge in [0, 0.05) is 9.23 Å². The van der Waals surface area contributed by atoms with Crippen LogP contribution in [0.3, 0.4) is 0 Å². The van der Waals surface area contributed by atoms with Gasteiger partial charge in [0.25, 0.3) is 0 Å². The first-order valence-electron chi connectivity index (χ1n) is 5.95. The maximum absolute atomic E-state index is 2.48. The van der Waals surface area contributed by atoms with E-state index in [2.05, 4.69) is 50.3 Å². The Morgan fingerprint density at radius 2 is 2.06 bits per heavy atom. The fourth-order valence-corrected chi connectivity index (χ4v) is 3.54. The summed E-state index contributed by atoms with van der Waals surface area (Å²) >= 11 is 1.93. The topological polar surface area (TPSA) is 0 Å². The molecule has 1 aromatic carbocycles. The predicted octanol–water partition coefficient (Wildman–Crippen LogP) is 3.14. The molecule has 1 aliphatic rings. The van der Waals surface area contributed by atoms with Gasteiger partial charge in [-0.2, -0.15) is 0 Å². The summed E-state index contributed by atoms with van der Waals surface area (Å²) in [7, 11) is 0. The van der Waals surface area contributed by atoms with E-state index < -0.39 is 0 Å². The number of hydrogen-bond acceptors (Lipinski definition) is 1. The van der Waals surface area contributed by atoms with E-state index in [1.165, 1.54) is 26.3 Å². The van der Waals surface area contributed by atoms with Gasteiger partial charge in [0.15, 0.2) is 0 Å². The van der Waals surface area contributed by atoms with Crippen LogP contribution in [0.1, 0.15) is 20.3 Å². The Hall–Kier alpha value is -1.08. The van der Waals surface area contributed by atoms with Crippen LogP contribution in [0.25, 0.3) is 22.2 Å². The van der Waals surface area contributed by atoms with Gasteiger partial charge in [-0.15, -0.1) is 11.3 Å². The molecule has 0 saturated carbocycles. The third kappa shape index (κ3) is 1.51. The van der Waals surface area contributed by atoms with Crippen LogP contribution in [0.2, 0.25) is 0 Å². The largest absolute Gasteiger partial charge is 0.136 e. The number of rotatable bonds is 1. The second-order valence-electron chi connectivity index (χ2n) is 4.89. The first-order valence-corrected chi connectivity index (χ1v) is 6.77. The molecule has 0 fully saturated rings. The highest BCUT2D eigenvalue weighted by molar-refractivity contribution is 7.17. The van der Waals surface area contributed by atoms with Crippen molar-refractivity contribution in [3.63, 3.8) is 0 Å². The minimum absolute atomic E-state index is 0.713. The lowest BCUT2D eigenvalue weighted by atomic mass is 9.89. The molecule has 1 unspecified atom stereocenters. The maximum Gasteiger partial charge on any atom is 0.0355 e. The molecule has 0 spiro atoms. The molecule has 0 amide bonds. The van der Waals surface area contributed by atoms with Crippen LogP contribution in [0.4, 0.5) is 0 Å². The number of thiophene rings is 1. The Labute approximate surface area is 99.9 Å². The highest BCUT2D eigenvalue weighted by Crippen LogP contribution is 2.21. The van der Waals surface area contributed by atoms with Crippen molar-refractivity contribution in [3.8, 4) is 0 Å². The normalized spacial score (nSPS) is 19.3. The molecule has 0 bridgehead atoms. The van der Waals surface area contributed by atoms with E-state index in [1.807, 2.05) is 11.3 Å². The van der Waals surface area contributed by atoms with Crippen LogP contribution in [-0.2, 0) is 0 Å². The molecule has 0 nitrogen and oxygen atoms in total. The van der Waals surface area contributed by atoms with Crippen molar-refractivity contribution < 1.29 is 0 Å². The van der Waals surface area contributed by atoms with Crippen molar-refractivity contribution >= 4 is 33.6 Å². The molecular formula is C15H16S. The lowest BCUT2D eigenvalue weighted by Crippen LogP contribution is -2.26. The molecule has 0 saturated heterocycles. The Balaban J connectivity index is 2.32. The minimum Gasteiger partial charge on any atom is -0.136 e. The van der Waals surface area contributed by atoms with E-state index in [4.69, 9.17) is 0 Å². The van der Waals surface area contributed by atoms with Crippen LogP contribution in [0.15, 0.2) is 24.3 Å². The highest BCUT2D eigenvalue weighted by Gasteiger charge is 2.13. The first kappa shape index (κ1) is 10.1. The summed E-state index contributed by atoms with van der Waals surface area (Å²) in [5.41, 5.74) is 0. The molecule has 1 aromatic heterocycles. The maximum atomic E-state index is 2.48. The lowest BCUT2D eigenvalue weighted by molar-refractivity contribution is 0.500. The molecule has 1 aliphatic carbocycles. The van der Waals surface area contributed by atoms with Gasteiger partial charge in [-0.05, 0) is 34.9 Å². The molecule has 1 heteroatoms. The zero-order valence-corrected chi connectivity index (χ0v) is 10.6. The van der Waals surface area contributed by atoms with Crippen molar-refractivity contribution in [1.82, 2.24) is 0 Å². The van der Waals surface area contributed by atoms with Gasteiger partial charge in [0.2, 0.25) is 0 Å². The molecule has 0 radical (unpaired) electrons. The molecule has 82 valence electrons. The zero-order chi connectivity index (χ0) is 11.1. The van der Waals surface area contributed by atoms with Gasteiger partial charge in [0.1, 0.15) is 0 Å². The second-order valence-corrected chi connectivity index (χ2v) is 5.97. The van der Waals surface area contributed by atoms with Crippen molar-refractivity contribution in [3.05, 3.63) is 34.0 Å². The van der Waals surface area contributed by atoms with Gasteiger partial charge in [-0.3, -0.25) is 0 Å². The second kappa shape index (κ2) is 3.74. The molecule has 0 N–H and O–H groups in total. The van der Waals surface area contributed by atoms with E-state index in [-0.39, 0.29) is 0 Å². The predicted molar refractivity (Wildman–Crippen MR) is 73.0 cm³/mol. The summed E-state index contributed by atoms with van der Waals surface area (Å²) in [5.74, 6) is 1.45. The summed E-state index contributed by atoms with van der Waals surface area (Å²) < 4.78 is 2.89. The average molecular weight is 228 g/mol. The first-order chi connectivity index (χ1) is 7.75. The van der Waals surface area contributed by atoms with Crippen molar-refractivity contribution in [2.75, 3.05) is 0 Å².